The molecular weight excluding hydrogens is 659 g/mol. The zero-order valence-corrected chi connectivity index (χ0v) is 19.1. The topological polar surface area (TPSA) is 27.7 Å². The lowest BCUT2D eigenvalue weighted by Gasteiger charge is -2.45. The number of hydrogen-bond donors (Lipinski definition) is 0. The van der Waals surface area contributed by atoms with E-state index in [4.69, 9.17) is 0 Å². The Hall–Kier alpha value is -0.180. The Morgan fingerprint density at radius 1 is 0.657 bits per heavy atom. The fourth-order valence-electron chi connectivity index (χ4n) is 2.18. The first-order chi connectivity index (χ1) is 15.0. The van der Waals surface area contributed by atoms with E-state index in [-0.39, 0.29) is 7.11 Å². The lowest BCUT2D eigenvalue weighted by molar-refractivity contribution is -0.542. The Kier molecular flexibility index (Phi) is 10.1. The number of hydrogen-bond acceptors (Lipinski definition) is 3. The molecule has 0 rings (SSSR count). The number of alkyl halides is 19. The molecule has 22 heteroatoms. The predicted molar refractivity (Wildman–Crippen MR) is 86.2 cm³/mol. The van der Waals surface area contributed by atoms with E-state index < -0.39 is 70.8 Å². The molecule has 0 aliphatic heterocycles. The highest BCUT2D eigenvalue weighted by molar-refractivity contribution is 9.09. The fourth-order valence-corrected chi connectivity index (χ4v) is 2.60. The Bertz CT molecular complexity index is 725. The maximum atomic E-state index is 14.4. The van der Waals surface area contributed by atoms with Gasteiger partial charge in [0.25, 0.3) is 0 Å². The average Bonchev–Trinajstić information content (AvgIpc) is 2.57. The molecule has 3 unspecified atom stereocenters. The molecular formula is C13H9BrCl2F16O3. The summed E-state index contributed by atoms with van der Waals surface area (Å²) in [6.45, 7) is 0. The van der Waals surface area contributed by atoms with Crippen LogP contribution in [-0.2, 0) is 14.2 Å². The first-order valence-electron chi connectivity index (χ1n) is 7.95. The van der Waals surface area contributed by atoms with Crippen LogP contribution in [0.15, 0.2) is 0 Å². The van der Waals surface area contributed by atoms with Gasteiger partial charge in [-0.05, 0) is 36.0 Å². The van der Waals surface area contributed by atoms with Gasteiger partial charge in [0.1, 0.15) is 0 Å². The summed E-state index contributed by atoms with van der Waals surface area (Å²) in [5.74, 6) is -14.9. The molecule has 3 atom stereocenters. The fraction of sp³-hybridized carbons (Fsp3) is 1.00. The first kappa shape index (κ1) is 34.8. The van der Waals surface area contributed by atoms with E-state index in [0.29, 0.717) is 0 Å². The smallest absolute Gasteiger partial charge is 0.363 e. The minimum atomic E-state index is -7.75. The van der Waals surface area contributed by atoms with Crippen LogP contribution >= 0.6 is 39.1 Å². The molecule has 0 heterocycles. The zero-order valence-electron chi connectivity index (χ0n) is 16.0. The van der Waals surface area contributed by atoms with Crippen molar-refractivity contribution in [1.82, 2.24) is 0 Å². The lowest BCUT2D eigenvalue weighted by atomic mass is 9.88. The molecule has 0 spiro atoms. The highest BCUT2D eigenvalue weighted by Gasteiger charge is 2.86. The molecule has 0 aliphatic rings. The van der Waals surface area contributed by atoms with Crippen LogP contribution in [0.1, 0.15) is 12.8 Å². The van der Waals surface area contributed by atoms with Crippen molar-refractivity contribution in [3.8, 4) is 0 Å². The SMILES string of the molecule is COC(CCCBr)(C(F)(F)F)C(F)(F)C(F)(F)OC(F)(C(F)(F)F)C(F)(F)OC(F)(Cl)C(F)(F)Cl. The molecule has 0 saturated carbocycles. The second-order valence-electron chi connectivity index (χ2n) is 6.24. The van der Waals surface area contributed by atoms with Gasteiger partial charge in [-0.3, -0.25) is 9.47 Å². The average molecular weight is 668 g/mol. The van der Waals surface area contributed by atoms with E-state index in [1.807, 2.05) is 4.74 Å². The summed E-state index contributed by atoms with van der Waals surface area (Å²) in [6, 6.07) is 0. The van der Waals surface area contributed by atoms with Crippen LogP contribution in [0.2, 0.25) is 0 Å². The first-order valence-corrected chi connectivity index (χ1v) is 9.83. The van der Waals surface area contributed by atoms with E-state index in [2.05, 4.69) is 43.9 Å². The quantitative estimate of drug-likeness (QED) is 0.157. The minimum absolute atomic E-state index is 0.288. The largest absolute Gasteiger partial charge is 0.458 e. The summed E-state index contributed by atoms with van der Waals surface area (Å²) < 4.78 is 223. The van der Waals surface area contributed by atoms with Crippen LogP contribution in [0.5, 0.6) is 0 Å². The Balaban J connectivity index is 6.89. The van der Waals surface area contributed by atoms with Gasteiger partial charge in [0.2, 0.25) is 5.60 Å². The molecule has 35 heavy (non-hydrogen) atoms. The molecule has 0 saturated heterocycles. The van der Waals surface area contributed by atoms with Gasteiger partial charge >= 0.3 is 47.0 Å². The van der Waals surface area contributed by atoms with Gasteiger partial charge in [0.05, 0.1) is 0 Å². The molecule has 0 aromatic heterocycles. The van der Waals surface area contributed by atoms with Crippen LogP contribution in [0, 0.1) is 0 Å². The second kappa shape index (κ2) is 10.2. The minimum Gasteiger partial charge on any atom is -0.363 e. The van der Waals surface area contributed by atoms with Crippen LogP contribution in [0.4, 0.5) is 70.2 Å². The third-order valence-corrected chi connectivity index (χ3v) is 5.15. The number of halogens is 19. The molecule has 0 fully saturated rings. The summed E-state index contributed by atoms with van der Waals surface area (Å²) in [6.07, 6.45) is -32.7. The van der Waals surface area contributed by atoms with Gasteiger partial charge in [0, 0.05) is 12.4 Å². The Morgan fingerprint density at radius 3 is 1.37 bits per heavy atom. The van der Waals surface area contributed by atoms with Gasteiger partial charge in [-0.15, -0.1) is 0 Å². The second-order valence-corrected chi connectivity index (χ2v) is 7.99. The van der Waals surface area contributed by atoms with Crippen molar-refractivity contribution < 1.29 is 84.5 Å². The molecule has 0 N–H and O–H groups in total. The molecule has 212 valence electrons. The van der Waals surface area contributed by atoms with E-state index in [1.54, 1.807) is 4.74 Å². The van der Waals surface area contributed by atoms with Gasteiger partial charge in [-0.1, -0.05) is 15.9 Å². The van der Waals surface area contributed by atoms with Gasteiger partial charge in [-0.25, -0.2) is 0 Å². The van der Waals surface area contributed by atoms with E-state index in [1.165, 1.54) is 0 Å². The number of ether oxygens (including phenoxy) is 3. The van der Waals surface area contributed by atoms with Crippen LogP contribution in [-0.4, -0.2) is 65.1 Å². The van der Waals surface area contributed by atoms with E-state index in [9.17, 15) is 70.2 Å². The third-order valence-electron chi connectivity index (χ3n) is 3.94. The predicted octanol–water partition coefficient (Wildman–Crippen LogP) is 7.88. The van der Waals surface area contributed by atoms with Gasteiger partial charge in [-0.2, -0.15) is 70.2 Å². The van der Waals surface area contributed by atoms with Crippen LogP contribution in [0.25, 0.3) is 0 Å². The van der Waals surface area contributed by atoms with E-state index >= 15 is 0 Å². The Labute approximate surface area is 202 Å². The van der Waals surface area contributed by atoms with Crippen molar-refractivity contribution in [3.63, 3.8) is 0 Å². The molecule has 0 radical (unpaired) electrons. The standard InChI is InChI=1S/C13H9BrCl2F16O3/c1-33-5(3-2-4-14,10(23,24)25)6(17,18)12(29,30)34-7(19,11(26,27)28)13(31,32)35-9(16,22)8(15,20)21/h2-4H2,1H3. The van der Waals surface area contributed by atoms with Crippen molar-refractivity contribution in [2.24, 2.45) is 0 Å². The molecule has 0 bridgehead atoms. The summed E-state index contributed by atoms with van der Waals surface area (Å²) in [5, 5.41) is -12.6. The molecule has 0 aliphatic carbocycles. The number of methoxy groups -OCH3 is 1. The van der Waals surface area contributed by atoms with Crippen molar-refractivity contribution in [1.29, 1.82) is 0 Å². The van der Waals surface area contributed by atoms with Gasteiger partial charge in [0.15, 0.2) is 0 Å². The summed E-state index contributed by atoms with van der Waals surface area (Å²) in [7, 11) is -0.288. The molecule has 3 nitrogen and oxygen atoms in total. The maximum absolute atomic E-state index is 14.4. The van der Waals surface area contributed by atoms with Crippen LogP contribution in [0.3, 0.4) is 0 Å². The molecule has 0 aromatic carbocycles. The van der Waals surface area contributed by atoms with Crippen molar-refractivity contribution in [2.45, 2.75) is 65.5 Å². The summed E-state index contributed by atoms with van der Waals surface area (Å²) in [5.41, 5.74) is -5.50. The maximum Gasteiger partial charge on any atom is 0.458 e. The highest BCUT2D eigenvalue weighted by atomic mass is 79.9. The highest BCUT2D eigenvalue weighted by Crippen LogP contribution is 2.59. The monoisotopic (exact) mass is 666 g/mol. The zero-order chi connectivity index (χ0) is 28.7. The lowest BCUT2D eigenvalue weighted by Crippen LogP contribution is -2.71. The van der Waals surface area contributed by atoms with Crippen molar-refractivity contribution in [3.05, 3.63) is 0 Å². The Morgan fingerprint density at radius 2 is 1.09 bits per heavy atom. The summed E-state index contributed by atoms with van der Waals surface area (Å²) >= 11 is 10.2. The van der Waals surface area contributed by atoms with E-state index in [0.717, 1.165) is 0 Å². The molecule has 0 amide bonds. The van der Waals surface area contributed by atoms with Gasteiger partial charge < -0.3 is 4.74 Å². The third kappa shape index (κ3) is 6.28. The van der Waals surface area contributed by atoms with Crippen LogP contribution < -0.4 is 0 Å². The van der Waals surface area contributed by atoms with Crippen molar-refractivity contribution in [2.75, 3.05) is 12.4 Å². The molecule has 0 aromatic rings. The number of rotatable bonds is 12. The summed E-state index contributed by atoms with van der Waals surface area (Å²) in [4.78, 5) is 0. The van der Waals surface area contributed by atoms with Crippen molar-refractivity contribution >= 4 is 39.1 Å². The normalized spacial score (nSPS) is 20.2.